The molecule has 4 heteroatoms. The number of ether oxygens (including phenoxy) is 1. The van der Waals surface area contributed by atoms with Gasteiger partial charge in [-0.2, -0.15) is 0 Å². The van der Waals surface area contributed by atoms with Crippen LogP contribution in [0.2, 0.25) is 0 Å². The van der Waals surface area contributed by atoms with Gasteiger partial charge in [0.15, 0.2) is 11.6 Å². The predicted molar refractivity (Wildman–Crippen MR) is 51.7 cm³/mol. The maximum absolute atomic E-state index is 13.1. The van der Waals surface area contributed by atoms with Crippen LogP contribution in [0.4, 0.5) is 4.39 Å². The van der Waals surface area contributed by atoms with Gasteiger partial charge in [0.1, 0.15) is 0 Å². The monoisotopic (exact) mass is 248 g/mol. The molecule has 1 aromatic carbocycles. The Labute approximate surface area is 84.5 Å². The van der Waals surface area contributed by atoms with Gasteiger partial charge in [-0.15, -0.1) is 0 Å². The lowest BCUT2D eigenvalue weighted by Gasteiger charge is -2.08. The number of aliphatic hydroxyl groups is 1. The largest absolute Gasteiger partial charge is 0.494 e. The van der Waals surface area contributed by atoms with Gasteiger partial charge in [0.25, 0.3) is 0 Å². The number of halogens is 2. The van der Waals surface area contributed by atoms with Gasteiger partial charge in [-0.05, 0) is 17.7 Å². The fourth-order valence-corrected chi connectivity index (χ4v) is 1.35. The van der Waals surface area contributed by atoms with Gasteiger partial charge in [-0.3, -0.25) is 0 Å². The van der Waals surface area contributed by atoms with Crippen molar-refractivity contribution in [1.29, 1.82) is 0 Å². The second-order valence-corrected chi connectivity index (χ2v) is 3.21. The molecule has 1 N–H and O–H groups in total. The first kappa shape index (κ1) is 10.5. The van der Waals surface area contributed by atoms with Crippen LogP contribution in [0.5, 0.6) is 5.75 Å². The maximum Gasteiger partial charge on any atom is 0.165 e. The van der Waals surface area contributed by atoms with Gasteiger partial charge in [0.05, 0.1) is 13.2 Å². The highest BCUT2D eigenvalue weighted by molar-refractivity contribution is 9.09. The molecule has 0 fully saturated rings. The van der Waals surface area contributed by atoms with E-state index in [1.165, 1.54) is 19.2 Å². The molecule has 2 nitrogen and oxygen atoms in total. The summed E-state index contributed by atoms with van der Waals surface area (Å²) in [5.74, 6) is -0.273. The van der Waals surface area contributed by atoms with Crippen molar-refractivity contribution >= 4 is 15.9 Å². The van der Waals surface area contributed by atoms with E-state index in [0.717, 1.165) is 0 Å². The Morgan fingerprint density at radius 3 is 2.77 bits per heavy atom. The fraction of sp³-hybridized carbons (Fsp3) is 0.333. The van der Waals surface area contributed by atoms with Crippen molar-refractivity contribution in [1.82, 2.24) is 0 Å². The number of aliphatic hydroxyl groups excluding tert-OH is 1. The van der Waals surface area contributed by atoms with Gasteiger partial charge in [0, 0.05) is 5.33 Å². The third-order valence-corrected chi connectivity index (χ3v) is 2.32. The second-order valence-electron chi connectivity index (χ2n) is 2.56. The summed E-state index contributed by atoms with van der Waals surface area (Å²) in [5, 5.41) is 9.75. The number of alkyl halides is 1. The topological polar surface area (TPSA) is 29.5 Å². The molecule has 0 saturated heterocycles. The SMILES string of the molecule is COc1ccc(C(O)CBr)cc1F. The summed E-state index contributed by atoms with van der Waals surface area (Å²) < 4.78 is 17.8. The summed E-state index contributed by atoms with van der Waals surface area (Å²) in [6, 6.07) is 4.40. The summed E-state index contributed by atoms with van der Waals surface area (Å²) in [7, 11) is 1.40. The molecule has 0 amide bonds. The Morgan fingerprint density at radius 2 is 2.31 bits per heavy atom. The zero-order chi connectivity index (χ0) is 9.84. The number of benzene rings is 1. The van der Waals surface area contributed by atoms with Gasteiger partial charge in [-0.1, -0.05) is 22.0 Å². The van der Waals surface area contributed by atoms with Crippen molar-refractivity contribution in [3.8, 4) is 5.75 Å². The lowest BCUT2D eigenvalue weighted by atomic mass is 10.1. The van der Waals surface area contributed by atoms with Crippen molar-refractivity contribution < 1.29 is 14.2 Å². The van der Waals surface area contributed by atoms with Gasteiger partial charge >= 0.3 is 0 Å². The Morgan fingerprint density at radius 1 is 1.62 bits per heavy atom. The average molecular weight is 249 g/mol. The van der Waals surface area contributed by atoms with E-state index >= 15 is 0 Å². The Hall–Kier alpha value is -0.610. The van der Waals surface area contributed by atoms with Crippen molar-refractivity contribution in [2.45, 2.75) is 6.10 Å². The molecule has 1 atom stereocenters. The molecule has 0 spiro atoms. The number of methoxy groups -OCH3 is 1. The zero-order valence-corrected chi connectivity index (χ0v) is 8.71. The number of hydrogen-bond acceptors (Lipinski definition) is 2. The van der Waals surface area contributed by atoms with Gasteiger partial charge in [0.2, 0.25) is 0 Å². The Balaban J connectivity index is 2.95. The van der Waals surface area contributed by atoms with Gasteiger partial charge in [-0.25, -0.2) is 4.39 Å². The first-order chi connectivity index (χ1) is 6.19. The molecule has 0 heterocycles. The molecule has 0 bridgehead atoms. The molecule has 1 unspecified atom stereocenters. The molecule has 0 aliphatic rings. The highest BCUT2D eigenvalue weighted by atomic mass is 79.9. The van der Waals surface area contributed by atoms with E-state index in [4.69, 9.17) is 4.74 Å². The van der Waals surface area contributed by atoms with Crippen LogP contribution in [0, 0.1) is 5.82 Å². The number of hydrogen-bond donors (Lipinski definition) is 1. The molecule has 0 saturated carbocycles. The average Bonchev–Trinajstić information content (AvgIpc) is 2.16. The maximum atomic E-state index is 13.1. The standard InChI is InChI=1S/C9H10BrFO2/c1-13-9-3-2-6(4-7(9)11)8(12)5-10/h2-4,8,12H,5H2,1H3. The Bertz CT molecular complexity index is 291. The lowest BCUT2D eigenvalue weighted by molar-refractivity contribution is 0.204. The zero-order valence-electron chi connectivity index (χ0n) is 7.13. The second kappa shape index (κ2) is 4.58. The van der Waals surface area contributed by atoms with Crippen molar-refractivity contribution in [3.63, 3.8) is 0 Å². The predicted octanol–water partition coefficient (Wildman–Crippen LogP) is 2.26. The summed E-state index contributed by atoms with van der Waals surface area (Å²) in [6.07, 6.45) is -0.680. The fourth-order valence-electron chi connectivity index (χ4n) is 0.979. The van der Waals surface area contributed by atoms with Crippen molar-refractivity contribution in [3.05, 3.63) is 29.6 Å². The smallest absolute Gasteiger partial charge is 0.165 e. The molecule has 13 heavy (non-hydrogen) atoms. The van der Waals surface area contributed by atoms with E-state index in [0.29, 0.717) is 10.9 Å². The first-order valence-corrected chi connectivity index (χ1v) is 4.88. The Kier molecular flexibility index (Phi) is 3.69. The van der Waals surface area contributed by atoms with Crippen LogP contribution in [0.3, 0.4) is 0 Å². The molecule has 1 aromatic rings. The van der Waals surface area contributed by atoms with Crippen LogP contribution in [0.25, 0.3) is 0 Å². The highest BCUT2D eigenvalue weighted by Gasteiger charge is 2.09. The molecule has 1 rings (SSSR count). The van der Waals surface area contributed by atoms with Crippen LogP contribution in [-0.2, 0) is 0 Å². The minimum atomic E-state index is -0.680. The minimum Gasteiger partial charge on any atom is -0.494 e. The van der Waals surface area contributed by atoms with Crippen LogP contribution in [0.1, 0.15) is 11.7 Å². The van der Waals surface area contributed by atoms with Crippen molar-refractivity contribution in [2.75, 3.05) is 12.4 Å². The van der Waals surface area contributed by atoms with E-state index < -0.39 is 11.9 Å². The van der Waals surface area contributed by atoms with Crippen LogP contribution >= 0.6 is 15.9 Å². The lowest BCUT2D eigenvalue weighted by Crippen LogP contribution is -1.99. The normalized spacial score (nSPS) is 12.6. The summed E-state index contributed by atoms with van der Waals surface area (Å²) in [5.41, 5.74) is 0.537. The summed E-state index contributed by atoms with van der Waals surface area (Å²) in [4.78, 5) is 0. The first-order valence-electron chi connectivity index (χ1n) is 3.76. The van der Waals surface area contributed by atoms with E-state index in [2.05, 4.69) is 15.9 Å². The third kappa shape index (κ3) is 2.42. The molecular weight excluding hydrogens is 239 g/mol. The van der Waals surface area contributed by atoms with Crippen LogP contribution in [0.15, 0.2) is 18.2 Å². The third-order valence-electron chi connectivity index (χ3n) is 1.71. The van der Waals surface area contributed by atoms with E-state index in [1.807, 2.05) is 0 Å². The van der Waals surface area contributed by atoms with Crippen LogP contribution in [-0.4, -0.2) is 17.5 Å². The summed E-state index contributed by atoms with van der Waals surface area (Å²) >= 11 is 3.11. The molecule has 0 radical (unpaired) electrons. The van der Waals surface area contributed by atoms with E-state index in [1.54, 1.807) is 6.07 Å². The minimum absolute atomic E-state index is 0.186. The summed E-state index contributed by atoms with van der Waals surface area (Å²) in [6.45, 7) is 0. The molecule has 0 aromatic heterocycles. The molecular formula is C9H10BrFO2. The molecule has 0 aliphatic heterocycles. The van der Waals surface area contributed by atoms with E-state index in [-0.39, 0.29) is 5.75 Å². The van der Waals surface area contributed by atoms with Crippen LogP contribution < -0.4 is 4.74 Å². The molecule has 72 valence electrons. The van der Waals surface area contributed by atoms with E-state index in [9.17, 15) is 9.50 Å². The molecule has 0 aliphatic carbocycles. The number of rotatable bonds is 3. The quantitative estimate of drug-likeness (QED) is 0.832. The van der Waals surface area contributed by atoms with Crippen molar-refractivity contribution in [2.24, 2.45) is 0 Å². The highest BCUT2D eigenvalue weighted by Crippen LogP contribution is 2.22. The van der Waals surface area contributed by atoms with Gasteiger partial charge < -0.3 is 9.84 Å².